The number of aromatic nitrogens is 2. The summed E-state index contributed by atoms with van der Waals surface area (Å²) < 4.78 is 38.9. The van der Waals surface area contributed by atoms with Gasteiger partial charge >= 0.3 is 0 Å². The first kappa shape index (κ1) is 20.7. The molecule has 0 saturated carbocycles. The number of ketones is 1. The second-order valence-corrected chi connectivity index (χ2v) is 8.19. The summed E-state index contributed by atoms with van der Waals surface area (Å²) in [5, 5.41) is 0.309. The van der Waals surface area contributed by atoms with Gasteiger partial charge in [-0.2, -0.15) is 0 Å². The second kappa shape index (κ2) is 8.27. The molecule has 2 aliphatic rings. The number of rotatable bonds is 6. The molecule has 0 amide bonds. The van der Waals surface area contributed by atoms with Crippen molar-refractivity contribution in [2.75, 3.05) is 26.1 Å². The number of benzene rings is 1. The van der Waals surface area contributed by atoms with Crippen molar-refractivity contribution in [1.82, 2.24) is 9.97 Å². The number of alkyl halides is 1. The summed E-state index contributed by atoms with van der Waals surface area (Å²) in [6.07, 6.45) is 2.02. The molecule has 10 heteroatoms. The molecular weight excluding hydrogens is 414 g/mol. The summed E-state index contributed by atoms with van der Waals surface area (Å²) >= 11 is 1.31. The Hall–Kier alpha value is -2.59. The summed E-state index contributed by atoms with van der Waals surface area (Å²) in [4.78, 5) is 25.1. The summed E-state index contributed by atoms with van der Waals surface area (Å²) in [6, 6.07) is 4.42. The zero-order valence-electron chi connectivity index (χ0n) is 16.2. The third kappa shape index (κ3) is 3.65. The Balaban J connectivity index is 1.66. The highest BCUT2D eigenvalue weighted by atomic mass is 32.2. The molecule has 3 heterocycles. The highest BCUT2D eigenvalue weighted by Crippen LogP contribution is 2.48. The van der Waals surface area contributed by atoms with Crippen LogP contribution in [0.4, 0.5) is 8.78 Å². The van der Waals surface area contributed by atoms with Crippen molar-refractivity contribution in [3.8, 4) is 5.88 Å². The molecule has 0 aliphatic carbocycles. The fraction of sp³-hybridized carbons (Fsp3) is 0.400. The quantitative estimate of drug-likeness (QED) is 0.697. The number of carbonyl (C=O) groups is 1. The van der Waals surface area contributed by atoms with Crippen molar-refractivity contribution in [3.63, 3.8) is 0 Å². The smallest absolute Gasteiger partial charge is 0.232 e. The minimum absolute atomic E-state index is 0.00359. The van der Waals surface area contributed by atoms with Gasteiger partial charge in [0.15, 0.2) is 11.0 Å². The molecule has 1 fully saturated rings. The Labute approximate surface area is 176 Å². The van der Waals surface area contributed by atoms with Gasteiger partial charge in [0, 0.05) is 23.7 Å². The number of carbonyl (C=O) groups excluding carboxylic acids is 1. The lowest BCUT2D eigenvalue weighted by molar-refractivity contribution is 0.0721. The average molecular weight is 434 g/mol. The molecule has 158 valence electrons. The van der Waals surface area contributed by atoms with Crippen molar-refractivity contribution < 1.29 is 23.0 Å². The number of hydrogen-bond acceptors (Lipinski definition) is 8. The Morgan fingerprint density at radius 2 is 2.23 bits per heavy atom. The molecule has 2 N–H and O–H groups in total. The van der Waals surface area contributed by atoms with E-state index in [0.29, 0.717) is 22.4 Å². The number of nitrogens with two attached hydrogens (primary N) is 1. The molecule has 0 unspecified atom stereocenters. The van der Waals surface area contributed by atoms with Crippen LogP contribution < -0.4 is 10.5 Å². The number of thioether (sulfide) groups is 1. The summed E-state index contributed by atoms with van der Waals surface area (Å²) in [7, 11) is 1.46. The first-order chi connectivity index (χ1) is 14.5. The van der Waals surface area contributed by atoms with E-state index in [-0.39, 0.29) is 36.0 Å². The predicted octanol–water partition coefficient (Wildman–Crippen LogP) is 2.29. The van der Waals surface area contributed by atoms with E-state index in [4.69, 9.17) is 15.2 Å². The van der Waals surface area contributed by atoms with Crippen molar-refractivity contribution in [1.29, 1.82) is 0 Å². The lowest BCUT2D eigenvalue weighted by atomic mass is 9.78. The summed E-state index contributed by atoms with van der Waals surface area (Å²) in [5.74, 6) is -0.341. The van der Waals surface area contributed by atoms with Crippen molar-refractivity contribution in [2.45, 2.75) is 18.1 Å². The molecule has 0 spiro atoms. The molecule has 4 rings (SSSR count). The molecule has 0 bridgehead atoms. The number of nitrogens with zero attached hydrogens (tertiary/aromatic N) is 3. The van der Waals surface area contributed by atoms with Crippen LogP contribution in [0.2, 0.25) is 0 Å². The van der Waals surface area contributed by atoms with Crippen molar-refractivity contribution in [3.05, 3.63) is 53.2 Å². The lowest BCUT2D eigenvalue weighted by Gasteiger charge is -2.35. The summed E-state index contributed by atoms with van der Waals surface area (Å²) in [6.45, 7) is -0.649. The second-order valence-electron chi connectivity index (χ2n) is 7.15. The Morgan fingerprint density at radius 1 is 1.40 bits per heavy atom. The summed E-state index contributed by atoms with van der Waals surface area (Å²) in [5.41, 5.74) is 5.85. The number of Topliss-reactive ketones (excluding diaryl/α,β-unsaturated/α-hetero) is 1. The van der Waals surface area contributed by atoms with E-state index in [2.05, 4.69) is 15.0 Å². The molecule has 0 radical (unpaired) electrons. The molecule has 3 atom stereocenters. The molecule has 1 saturated heterocycles. The zero-order valence-corrected chi connectivity index (χ0v) is 17.0. The SMILES string of the molecule is COc1cnc(C(=O)Cc2ccc(F)c([C@]34CO[C@H](CF)[C@H]3CSC(N)=N4)c2)cn1. The van der Waals surface area contributed by atoms with Crippen LogP contribution in [0.15, 0.2) is 35.6 Å². The van der Waals surface area contributed by atoms with Gasteiger partial charge in [0.25, 0.3) is 0 Å². The number of amidine groups is 1. The molecule has 30 heavy (non-hydrogen) atoms. The maximum atomic E-state index is 14.9. The van der Waals surface area contributed by atoms with E-state index in [9.17, 15) is 13.6 Å². The van der Waals surface area contributed by atoms with Crippen LogP contribution >= 0.6 is 11.8 Å². The van der Waals surface area contributed by atoms with Gasteiger partial charge in [0.2, 0.25) is 5.88 Å². The predicted molar refractivity (Wildman–Crippen MR) is 108 cm³/mol. The largest absolute Gasteiger partial charge is 0.480 e. The van der Waals surface area contributed by atoms with Gasteiger partial charge in [-0.05, 0) is 17.7 Å². The van der Waals surface area contributed by atoms with Gasteiger partial charge in [-0.25, -0.2) is 23.7 Å². The fourth-order valence-electron chi connectivity index (χ4n) is 3.87. The Bertz CT molecular complexity index is 989. The van der Waals surface area contributed by atoms with Crippen LogP contribution in [-0.4, -0.2) is 53.2 Å². The van der Waals surface area contributed by atoms with Crippen LogP contribution in [0.1, 0.15) is 21.6 Å². The average Bonchev–Trinajstić information content (AvgIpc) is 3.13. The number of methoxy groups -OCH3 is 1. The monoisotopic (exact) mass is 434 g/mol. The number of halogens is 2. The van der Waals surface area contributed by atoms with E-state index < -0.39 is 24.1 Å². The maximum Gasteiger partial charge on any atom is 0.232 e. The molecule has 2 aromatic rings. The van der Waals surface area contributed by atoms with E-state index >= 15 is 0 Å². The molecule has 2 aliphatic heterocycles. The van der Waals surface area contributed by atoms with E-state index in [0.717, 1.165) is 0 Å². The number of hydrogen-bond donors (Lipinski definition) is 1. The fourth-order valence-corrected chi connectivity index (χ4v) is 4.94. The highest BCUT2D eigenvalue weighted by molar-refractivity contribution is 8.13. The van der Waals surface area contributed by atoms with E-state index in [1.807, 2.05) is 0 Å². The number of aliphatic imine (C=N–C) groups is 1. The van der Waals surface area contributed by atoms with Gasteiger partial charge in [-0.1, -0.05) is 17.8 Å². The lowest BCUT2D eigenvalue weighted by Crippen LogP contribution is -2.42. The third-order valence-electron chi connectivity index (χ3n) is 5.44. The minimum atomic E-state index is -1.10. The molecule has 1 aromatic heterocycles. The Morgan fingerprint density at radius 3 is 2.93 bits per heavy atom. The topological polar surface area (TPSA) is 99.7 Å². The normalized spacial score (nSPS) is 25.5. The van der Waals surface area contributed by atoms with E-state index in [1.54, 1.807) is 6.07 Å². The van der Waals surface area contributed by atoms with Gasteiger partial charge < -0.3 is 15.2 Å². The van der Waals surface area contributed by atoms with Crippen LogP contribution in [0.5, 0.6) is 5.88 Å². The highest BCUT2D eigenvalue weighted by Gasteiger charge is 2.54. The molecular formula is C20H20F2N4O3S. The first-order valence-electron chi connectivity index (χ1n) is 9.30. The number of ether oxygens (including phenoxy) is 2. The van der Waals surface area contributed by atoms with Crippen LogP contribution in [0.3, 0.4) is 0 Å². The maximum absolute atomic E-state index is 14.9. The van der Waals surface area contributed by atoms with Gasteiger partial charge in [0.05, 0.1) is 32.2 Å². The van der Waals surface area contributed by atoms with Crippen LogP contribution in [0.25, 0.3) is 0 Å². The van der Waals surface area contributed by atoms with E-state index in [1.165, 1.54) is 43.4 Å². The van der Waals surface area contributed by atoms with Crippen molar-refractivity contribution in [2.24, 2.45) is 16.6 Å². The Kier molecular flexibility index (Phi) is 5.70. The first-order valence-corrected chi connectivity index (χ1v) is 10.3. The minimum Gasteiger partial charge on any atom is -0.480 e. The van der Waals surface area contributed by atoms with Gasteiger partial charge in [0.1, 0.15) is 23.7 Å². The van der Waals surface area contributed by atoms with Crippen LogP contribution in [-0.2, 0) is 16.7 Å². The number of fused-ring (bicyclic) bond motifs is 1. The van der Waals surface area contributed by atoms with Gasteiger partial charge in [-0.15, -0.1) is 0 Å². The standard InChI is InChI=1S/C20H20F2N4O3S/c1-28-18-8-24-15(7-25-18)16(27)5-11-2-3-14(22)12(4-11)20-10-29-17(6-21)13(20)9-30-19(23)26-20/h2-4,7-8,13,17H,5-6,9-10H2,1H3,(H2,23,26)/t13-,17-,20-/m1/s1. The molecule has 1 aromatic carbocycles. The third-order valence-corrected chi connectivity index (χ3v) is 6.35. The molecule has 7 nitrogen and oxygen atoms in total. The van der Waals surface area contributed by atoms with Crippen LogP contribution in [0, 0.1) is 11.7 Å². The van der Waals surface area contributed by atoms with Gasteiger partial charge in [-0.3, -0.25) is 4.79 Å². The van der Waals surface area contributed by atoms with Crippen molar-refractivity contribution >= 4 is 22.7 Å². The zero-order chi connectivity index (χ0) is 21.3.